The molecule has 1 aromatic carbocycles. The predicted molar refractivity (Wildman–Crippen MR) is 85.2 cm³/mol. The molecule has 0 N–H and O–H groups in total. The monoisotopic (exact) mass is 255 g/mol. The van der Waals surface area contributed by atoms with E-state index in [-0.39, 0.29) is 0 Å². The maximum atomic E-state index is 3.87. The maximum Gasteiger partial charge on any atom is 0.0239 e. The minimum atomic E-state index is 0.928. The van der Waals surface area contributed by atoms with E-state index in [9.17, 15) is 0 Å². The zero-order chi connectivity index (χ0) is 14.1. The Balaban J connectivity index is 2.78. The molecule has 0 bridgehead atoms. The minimum absolute atomic E-state index is 0.928. The molecule has 0 amide bonds. The van der Waals surface area contributed by atoms with E-state index in [1.54, 1.807) is 0 Å². The summed E-state index contributed by atoms with van der Waals surface area (Å²) in [6.45, 7) is 15.0. The molecule has 1 aromatic rings. The molecule has 0 saturated carbocycles. The molecule has 0 spiro atoms. The van der Waals surface area contributed by atoms with Gasteiger partial charge in [-0.1, -0.05) is 62.6 Å². The summed E-state index contributed by atoms with van der Waals surface area (Å²) in [5, 5.41) is 0. The zero-order valence-corrected chi connectivity index (χ0v) is 12.2. The first-order valence-electron chi connectivity index (χ1n) is 6.92. The van der Waals surface area contributed by atoms with Gasteiger partial charge < -0.3 is 0 Å². The molecule has 0 aliphatic carbocycles. The molecule has 0 saturated heterocycles. The molecule has 19 heavy (non-hydrogen) atoms. The zero-order valence-electron chi connectivity index (χ0n) is 12.2. The largest absolute Gasteiger partial charge is 0.295 e. The standard InChI is InChI=1S/C18H25N/c1-5-10-17(7-3)14-19(13-6-2)15-18-12-9-8-11-16(18)4/h5,7-12H,1,3,6,13-15H2,2,4H3/b17-10+. The van der Waals surface area contributed by atoms with E-state index in [0.29, 0.717) is 0 Å². The van der Waals surface area contributed by atoms with Crippen molar-refractivity contribution in [1.82, 2.24) is 4.90 Å². The summed E-state index contributed by atoms with van der Waals surface area (Å²) in [7, 11) is 0. The van der Waals surface area contributed by atoms with Crippen LogP contribution in [-0.2, 0) is 6.54 Å². The van der Waals surface area contributed by atoms with Crippen LogP contribution in [0.2, 0.25) is 0 Å². The highest BCUT2D eigenvalue weighted by Crippen LogP contribution is 2.12. The first-order chi connectivity index (χ1) is 9.21. The summed E-state index contributed by atoms with van der Waals surface area (Å²) in [5.41, 5.74) is 3.98. The van der Waals surface area contributed by atoms with Crippen LogP contribution in [-0.4, -0.2) is 18.0 Å². The van der Waals surface area contributed by atoms with Gasteiger partial charge in [0.15, 0.2) is 0 Å². The average molecular weight is 255 g/mol. The Morgan fingerprint density at radius 2 is 2.00 bits per heavy atom. The second-order valence-electron chi connectivity index (χ2n) is 4.82. The summed E-state index contributed by atoms with van der Waals surface area (Å²) in [6.07, 6.45) is 6.94. The summed E-state index contributed by atoms with van der Waals surface area (Å²) >= 11 is 0. The lowest BCUT2D eigenvalue weighted by Crippen LogP contribution is -2.26. The second-order valence-corrected chi connectivity index (χ2v) is 4.82. The van der Waals surface area contributed by atoms with Gasteiger partial charge in [0.25, 0.3) is 0 Å². The predicted octanol–water partition coefficient (Wildman–Crippen LogP) is 4.51. The van der Waals surface area contributed by atoms with E-state index in [2.05, 4.69) is 56.2 Å². The maximum absolute atomic E-state index is 3.87. The average Bonchev–Trinajstić information content (AvgIpc) is 2.41. The summed E-state index contributed by atoms with van der Waals surface area (Å²) in [4.78, 5) is 2.46. The van der Waals surface area contributed by atoms with E-state index in [1.807, 2.05) is 18.2 Å². The Hall–Kier alpha value is -1.60. The molecule has 0 radical (unpaired) electrons. The quantitative estimate of drug-likeness (QED) is 0.618. The van der Waals surface area contributed by atoms with Crippen LogP contribution in [0.5, 0.6) is 0 Å². The van der Waals surface area contributed by atoms with Crippen molar-refractivity contribution in [2.45, 2.75) is 26.8 Å². The normalized spacial score (nSPS) is 11.6. The molecule has 1 rings (SSSR count). The van der Waals surface area contributed by atoms with Crippen LogP contribution in [0.3, 0.4) is 0 Å². The van der Waals surface area contributed by atoms with E-state index in [4.69, 9.17) is 0 Å². The van der Waals surface area contributed by atoms with Crippen molar-refractivity contribution in [2.24, 2.45) is 0 Å². The first kappa shape index (κ1) is 15.5. The Kier molecular flexibility index (Phi) is 6.91. The third-order valence-corrected chi connectivity index (χ3v) is 3.20. The molecule has 102 valence electrons. The van der Waals surface area contributed by atoms with Crippen LogP contribution in [0, 0.1) is 6.92 Å². The Morgan fingerprint density at radius 3 is 2.58 bits per heavy atom. The Bertz CT molecular complexity index is 443. The highest BCUT2D eigenvalue weighted by atomic mass is 15.1. The van der Waals surface area contributed by atoms with E-state index in [0.717, 1.165) is 26.1 Å². The van der Waals surface area contributed by atoms with Crippen LogP contribution in [0.4, 0.5) is 0 Å². The number of allylic oxidation sites excluding steroid dienone is 2. The summed E-state index contributed by atoms with van der Waals surface area (Å²) < 4.78 is 0. The molecule has 0 heterocycles. The number of rotatable bonds is 8. The lowest BCUT2D eigenvalue weighted by Gasteiger charge is -2.23. The van der Waals surface area contributed by atoms with Crippen LogP contribution in [0.25, 0.3) is 0 Å². The van der Waals surface area contributed by atoms with E-state index < -0.39 is 0 Å². The molecule has 0 fully saturated rings. The van der Waals surface area contributed by atoms with Crippen molar-refractivity contribution >= 4 is 0 Å². The topological polar surface area (TPSA) is 3.24 Å². The van der Waals surface area contributed by atoms with Gasteiger partial charge in [0.1, 0.15) is 0 Å². The van der Waals surface area contributed by atoms with Crippen LogP contribution in [0.1, 0.15) is 24.5 Å². The molecule has 1 nitrogen and oxygen atoms in total. The third-order valence-electron chi connectivity index (χ3n) is 3.20. The van der Waals surface area contributed by atoms with Gasteiger partial charge >= 0.3 is 0 Å². The lowest BCUT2D eigenvalue weighted by molar-refractivity contribution is 0.290. The van der Waals surface area contributed by atoms with Crippen molar-refractivity contribution in [1.29, 1.82) is 0 Å². The summed E-state index contributed by atoms with van der Waals surface area (Å²) in [6, 6.07) is 8.59. The molecule has 0 unspecified atom stereocenters. The molecule has 1 heteroatoms. The van der Waals surface area contributed by atoms with Gasteiger partial charge in [-0.3, -0.25) is 4.90 Å². The highest BCUT2D eigenvalue weighted by molar-refractivity contribution is 5.26. The third kappa shape index (κ3) is 5.27. The molecule has 0 aliphatic rings. The highest BCUT2D eigenvalue weighted by Gasteiger charge is 2.07. The van der Waals surface area contributed by atoms with Gasteiger partial charge in [-0.05, 0) is 36.6 Å². The minimum Gasteiger partial charge on any atom is -0.295 e. The van der Waals surface area contributed by atoms with Crippen LogP contribution in [0.15, 0.2) is 61.2 Å². The van der Waals surface area contributed by atoms with E-state index >= 15 is 0 Å². The fraction of sp³-hybridized carbons (Fsp3) is 0.333. The van der Waals surface area contributed by atoms with Gasteiger partial charge in [0.2, 0.25) is 0 Å². The molecular formula is C18H25N. The number of nitrogens with zero attached hydrogens (tertiary/aromatic N) is 1. The van der Waals surface area contributed by atoms with E-state index in [1.165, 1.54) is 16.7 Å². The van der Waals surface area contributed by atoms with Crippen molar-refractivity contribution in [3.8, 4) is 0 Å². The van der Waals surface area contributed by atoms with Crippen molar-refractivity contribution in [3.05, 3.63) is 72.4 Å². The Morgan fingerprint density at radius 1 is 1.26 bits per heavy atom. The van der Waals surface area contributed by atoms with Gasteiger partial charge in [0.05, 0.1) is 0 Å². The van der Waals surface area contributed by atoms with Crippen molar-refractivity contribution in [3.63, 3.8) is 0 Å². The second kappa shape index (κ2) is 8.49. The number of hydrogen-bond acceptors (Lipinski definition) is 1. The SMILES string of the molecule is C=C/C=C(\C=C)CN(CCC)Cc1ccccc1C. The fourth-order valence-corrected chi connectivity index (χ4v) is 2.15. The molecular weight excluding hydrogens is 230 g/mol. The van der Waals surface area contributed by atoms with Gasteiger partial charge in [-0.15, -0.1) is 0 Å². The first-order valence-corrected chi connectivity index (χ1v) is 6.92. The number of aryl methyl sites for hydroxylation is 1. The summed E-state index contributed by atoms with van der Waals surface area (Å²) in [5.74, 6) is 0. The van der Waals surface area contributed by atoms with Crippen molar-refractivity contribution in [2.75, 3.05) is 13.1 Å². The Labute approximate surface area is 118 Å². The smallest absolute Gasteiger partial charge is 0.0239 e. The van der Waals surface area contributed by atoms with Gasteiger partial charge in [0, 0.05) is 13.1 Å². The number of benzene rings is 1. The molecule has 0 aromatic heterocycles. The molecule has 0 atom stereocenters. The number of hydrogen-bond donors (Lipinski definition) is 0. The fourth-order valence-electron chi connectivity index (χ4n) is 2.15. The van der Waals surface area contributed by atoms with Crippen molar-refractivity contribution < 1.29 is 0 Å². The van der Waals surface area contributed by atoms with Crippen LogP contribution < -0.4 is 0 Å². The van der Waals surface area contributed by atoms with Gasteiger partial charge in [-0.25, -0.2) is 0 Å². The van der Waals surface area contributed by atoms with Gasteiger partial charge in [-0.2, -0.15) is 0 Å². The molecule has 0 aliphatic heterocycles. The lowest BCUT2D eigenvalue weighted by atomic mass is 10.1. The van der Waals surface area contributed by atoms with Crippen LogP contribution >= 0.6 is 0 Å².